The van der Waals surface area contributed by atoms with Crippen LogP contribution in [0.2, 0.25) is 5.02 Å². The fraction of sp³-hybridized carbons (Fsp3) is 0.111. The molecule has 0 unspecified atom stereocenters. The molecule has 0 aromatic heterocycles. The monoisotopic (exact) mass is 290 g/mol. The third-order valence-electron chi connectivity index (χ3n) is 1.61. The smallest absolute Gasteiger partial charge is 0.253 e. The molecular weight excluding hydrogens is 283 g/mol. The van der Waals surface area contributed by atoms with Crippen molar-refractivity contribution in [1.29, 1.82) is 0 Å². The van der Waals surface area contributed by atoms with Crippen LogP contribution in [0.4, 0.5) is 0 Å². The van der Waals surface area contributed by atoms with E-state index in [1.54, 1.807) is 18.2 Å². The van der Waals surface area contributed by atoms with Crippen molar-refractivity contribution >= 4 is 39.7 Å². The second-order valence-electron chi connectivity index (χ2n) is 2.63. The fourth-order valence-electron chi connectivity index (χ4n) is 0.946. The number of carbonyl (C=O) groups is 1. The topological polar surface area (TPSA) is 61.7 Å². The summed E-state index contributed by atoms with van der Waals surface area (Å²) < 4.78 is 0.771. The second-order valence-corrected chi connectivity index (χ2v) is 3.96. The van der Waals surface area contributed by atoms with Crippen molar-refractivity contribution in [1.82, 2.24) is 5.32 Å². The highest BCUT2D eigenvalue weighted by atomic mass is 79.9. The quantitative estimate of drug-likeness (QED) is 0.510. The van der Waals surface area contributed by atoms with E-state index in [-0.39, 0.29) is 12.5 Å². The molecule has 2 N–H and O–H groups in total. The van der Waals surface area contributed by atoms with Crippen molar-refractivity contribution in [2.45, 2.75) is 0 Å². The number of rotatable bonds is 3. The average molecular weight is 292 g/mol. The molecule has 6 heteroatoms. The molecule has 4 nitrogen and oxygen atoms in total. The zero-order valence-electron chi connectivity index (χ0n) is 7.58. The molecule has 0 aliphatic rings. The lowest BCUT2D eigenvalue weighted by molar-refractivity contribution is 0.0959. The highest BCUT2D eigenvalue weighted by Gasteiger charge is 2.09. The SMILES string of the molecule is O=C(NC/C=N/O)c1cc(Br)ccc1Cl. The normalized spacial score (nSPS) is 10.5. The number of amides is 1. The van der Waals surface area contributed by atoms with Crippen molar-refractivity contribution < 1.29 is 10.0 Å². The van der Waals surface area contributed by atoms with E-state index in [1.807, 2.05) is 0 Å². The van der Waals surface area contributed by atoms with Gasteiger partial charge in [-0.05, 0) is 18.2 Å². The first-order valence-electron chi connectivity index (χ1n) is 4.04. The number of nitrogens with zero attached hydrogens (tertiary/aromatic N) is 1. The summed E-state index contributed by atoms with van der Waals surface area (Å²) in [4.78, 5) is 11.5. The van der Waals surface area contributed by atoms with Gasteiger partial charge in [0.25, 0.3) is 5.91 Å². The Labute approximate surface area is 100 Å². The Morgan fingerprint density at radius 1 is 1.67 bits per heavy atom. The minimum Gasteiger partial charge on any atom is -0.411 e. The Morgan fingerprint density at radius 3 is 3.07 bits per heavy atom. The predicted octanol–water partition coefficient (Wildman–Crippen LogP) is 2.29. The first kappa shape index (κ1) is 12.0. The van der Waals surface area contributed by atoms with Crippen LogP contribution in [-0.4, -0.2) is 23.9 Å². The molecule has 0 spiro atoms. The Morgan fingerprint density at radius 2 is 2.40 bits per heavy atom. The van der Waals surface area contributed by atoms with Crippen molar-refractivity contribution in [2.75, 3.05) is 6.54 Å². The van der Waals surface area contributed by atoms with E-state index >= 15 is 0 Å². The maximum Gasteiger partial charge on any atom is 0.253 e. The minimum absolute atomic E-state index is 0.151. The van der Waals surface area contributed by atoms with Crippen LogP contribution in [0.3, 0.4) is 0 Å². The van der Waals surface area contributed by atoms with Gasteiger partial charge in [-0.3, -0.25) is 4.79 Å². The van der Waals surface area contributed by atoms with Crippen LogP contribution in [0.25, 0.3) is 0 Å². The van der Waals surface area contributed by atoms with Crippen LogP contribution in [0.5, 0.6) is 0 Å². The largest absolute Gasteiger partial charge is 0.411 e. The van der Waals surface area contributed by atoms with E-state index in [2.05, 4.69) is 26.4 Å². The third kappa shape index (κ3) is 3.53. The molecule has 0 radical (unpaired) electrons. The van der Waals surface area contributed by atoms with Crippen molar-refractivity contribution in [3.05, 3.63) is 33.3 Å². The molecule has 1 aromatic carbocycles. The number of hydrogen-bond donors (Lipinski definition) is 2. The molecule has 0 saturated carbocycles. The van der Waals surface area contributed by atoms with Crippen LogP contribution in [0.15, 0.2) is 27.8 Å². The van der Waals surface area contributed by atoms with Gasteiger partial charge in [0.05, 0.1) is 23.3 Å². The number of hydrogen-bond acceptors (Lipinski definition) is 3. The Hall–Kier alpha value is -1.07. The lowest BCUT2D eigenvalue weighted by Gasteiger charge is -2.04. The first-order valence-corrected chi connectivity index (χ1v) is 5.21. The van der Waals surface area contributed by atoms with E-state index in [0.717, 1.165) is 4.47 Å². The highest BCUT2D eigenvalue weighted by Crippen LogP contribution is 2.20. The standard InChI is InChI=1S/C9H8BrClN2O2/c10-6-1-2-8(11)7(5-6)9(14)12-3-4-13-15/h1-2,4-5,15H,3H2,(H,12,14)/b13-4+. The molecular formula is C9H8BrClN2O2. The van der Waals surface area contributed by atoms with Gasteiger partial charge in [-0.2, -0.15) is 0 Å². The van der Waals surface area contributed by atoms with E-state index in [4.69, 9.17) is 16.8 Å². The van der Waals surface area contributed by atoms with Crippen LogP contribution in [0, 0.1) is 0 Å². The minimum atomic E-state index is -0.318. The van der Waals surface area contributed by atoms with Gasteiger partial charge in [0.15, 0.2) is 0 Å². The zero-order valence-corrected chi connectivity index (χ0v) is 9.92. The van der Waals surface area contributed by atoms with Gasteiger partial charge in [0, 0.05) is 4.47 Å². The summed E-state index contributed by atoms with van der Waals surface area (Å²) in [5.41, 5.74) is 0.373. The molecule has 0 heterocycles. The number of benzene rings is 1. The Bertz CT molecular complexity index is 396. The first-order chi connectivity index (χ1) is 7.15. The molecule has 80 valence electrons. The summed E-state index contributed by atoms with van der Waals surface area (Å²) in [6.07, 6.45) is 1.17. The van der Waals surface area contributed by atoms with Gasteiger partial charge < -0.3 is 10.5 Å². The lowest BCUT2D eigenvalue weighted by Crippen LogP contribution is -2.25. The predicted molar refractivity (Wildman–Crippen MR) is 61.8 cm³/mol. The van der Waals surface area contributed by atoms with Crippen molar-refractivity contribution in [3.63, 3.8) is 0 Å². The molecule has 15 heavy (non-hydrogen) atoms. The molecule has 1 rings (SSSR count). The summed E-state index contributed by atoms with van der Waals surface area (Å²) >= 11 is 9.08. The van der Waals surface area contributed by atoms with Crippen LogP contribution >= 0.6 is 27.5 Å². The summed E-state index contributed by atoms with van der Waals surface area (Å²) in [6, 6.07) is 4.99. The van der Waals surface area contributed by atoms with E-state index in [0.29, 0.717) is 10.6 Å². The number of carbonyl (C=O) groups excluding carboxylic acids is 1. The maximum atomic E-state index is 11.5. The molecule has 0 bridgehead atoms. The molecule has 1 aromatic rings. The molecule has 0 atom stereocenters. The Kier molecular flexibility index (Phi) is 4.58. The summed E-state index contributed by atoms with van der Waals surface area (Å²) in [6.45, 7) is 0.151. The van der Waals surface area contributed by atoms with Gasteiger partial charge in [-0.15, -0.1) is 5.16 Å². The van der Waals surface area contributed by atoms with Crippen molar-refractivity contribution in [3.8, 4) is 0 Å². The molecule has 1 amide bonds. The van der Waals surface area contributed by atoms with E-state index in [9.17, 15) is 4.79 Å². The van der Waals surface area contributed by atoms with E-state index < -0.39 is 0 Å². The number of halogens is 2. The molecule has 0 fully saturated rings. The lowest BCUT2D eigenvalue weighted by atomic mass is 10.2. The fourth-order valence-corrected chi connectivity index (χ4v) is 1.51. The Balaban J connectivity index is 2.77. The second kappa shape index (κ2) is 5.72. The molecule has 0 aliphatic carbocycles. The van der Waals surface area contributed by atoms with Gasteiger partial charge in [0.2, 0.25) is 0 Å². The van der Waals surface area contributed by atoms with Gasteiger partial charge in [0.1, 0.15) is 0 Å². The van der Waals surface area contributed by atoms with E-state index in [1.165, 1.54) is 6.21 Å². The summed E-state index contributed by atoms with van der Waals surface area (Å²) in [7, 11) is 0. The zero-order chi connectivity index (χ0) is 11.3. The van der Waals surface area contributed by atoms with Crippen LogP contribution in [0.1, 0.15) is 10.4 Å². The van der Waals surface area contributed by atoms with Gasteiger partial charge in [-0.25, -0.2) is 0 Å². The molecule has 0 aliphatic heterocycles. The average Bonchev–Trinajstić information content (AvgIpc) is 2.22. The van der Waals surface area contributed by atoms with Crippen molar-refractivity contribution in [2.24, 2.45) is 5.16 Å². The van der Waals surface area contributed by atoms with Crippen LogP contribution in [-0.2, 0) is 0 Å². The highest BCUT2D eigenvalue weighted by molar-refractivity contribution is 9.10. The number of oxime groups is 1. The maximum absolute atomic E-state index is 11.5. The summed E-state index contributed by atoms with van der Waals surface area (Å²) in [5, 5.41) is 13.8. The van der Waals surface area contributed by atoms with Crippen LogP contribution < -0.4 is 5.32 Å². The third-order valence-corrected chi connectivity index (χ3v) is 2.43. The summed E-state index contributed by atoms with van der Waals surface area (Å²) in [5.74, 6) is -0.318. The molecule has 0 saturated heterocycles. The van der Waals surface area contributed by atoms with Gasteiger partial charge >= 0.3 is 0 Å². The van der Waals surface area contributed by atoms with Gasteiger partial charge in [-0.1, -0.05) is 27.5 Å². The number of nitrogens with one attached hydrogen (secondary N) is 1.